The number of hydrogen-bond donors (Lipinski definition) is 0. The normalized spacial score (nSPS) is 11.8. The van der Waals surface area contributed by atoms with Crippen molar-refractivity contribution >= 4 is 65.3 Å². The fourth-order valence-electron chi connectivity index (χ4n) is 8.65. The second-order valence-corrected chi connectivity index (χ2v) is 14.8. The second-order valence-electron chi connectivity index (χ2n) is 14.8. The van der Waals surface area contributed by atoms with Gasteiger partial charge in [-0.05, 0) is 75.1 Å². The molecule has 0 bridgehead atoms. The van der Waals surface area contributed by atoms with Crippen LogP contribution in [0.3, 0.4) is 0 Å². The molecular weight excluding hydrogens is 709 g/mol. The molecule has 9 aromatic carbocycles. The molecule has 3 aromatic heterocycles. The van der Waals surface area contributed by atoms with Gasteiger partial charge in [0.05, 0.1) is 16.7 Å². The Morgan fingerprint density at radius 3 is 1.69 bits per heavy atom. The minimum atomic E-state index is 0.588. The van der Waals surface area contributed by atoms with Crippen LogP contribution in [0.15, 0.2) is 199 Å². The molecule has 0 aliphatic carbocycles. The van der Waals surface area contributed by atoms with E-state index in [2.05, 4.69) is 187 Å². The van der Waals surface area contributed by atoms with E-state index in [1.807, 2.05) is 12.1 Å². The van der Waals surface area contributed by atoms with Crippen LogP contribution in [0.4, 0.5) is 0 Å². The highest BCUT2D eigenvalue weighted by Gasteiger charge is 2.22. The molecule has 270 valence electrons. The van der Waals surface area contributed by atoms with E-state index >= 15 is 0 Å². The Hall–Kier alpha value is -7.89. The van der Waals surface area contributed by atoms with Crippen molar-refractivity contribution in [3.05, 3.63) is 194 Å². The molecule has 0 fully saturated rings. The first-order valence-electron chi connectivity index (χ1n) is 19.5. The molecule has 5 heteroatoms. The van der Waals surface area contributed by atoms with Crippen molar-refractivity contribution in [3.63, 3.8) is 0 Å². The zero-order valence-corrected chi connectivity index (χ0v) is 31.2. The standard InChI is InChI=1S/C53H32N4O/c1-2-12-33(13-3-1)38-28-29-46-44(32-38)41-18-8-9-21-45(41)57(46)47-22-10-19-42-49-43(20-11-23-48(49)58-50(42)47)53-55-51(39-26-24-34-14-4-6-16-36(34)30-39)54-52(56-53)40-27-25-35-15-5-7-17-37(35)31-40/h1-32H. The zero-order valence-electron chi connectivity index (χ0n) is 31.2. The summed E-state index contributed by atoms with van der Waals surface area (Å²) >= 11 is 0. The van der Waals surface area contributed by atoms with Crippen molar-refractivity contribution in [1.29, 1.82) is 0 Å². The summed E-state index contributed by atoms with van der Waals surface area (Å²) in [6, 6.07) is 68.0. The quantitative estimate of drug-likeness (QED) is 0.176. The van der Waals surface area contributed by atoms with Gasteiger partial charge in [-0.15, -0.1) is 0 Å². The Balaban J connectivity index is 1.08. The minimum absolute atomic E-state index is 0.588. The summed E-state index contributed by atoms with van der Waals surface area (Å²) in [5.74, 6) is 1.82. The lowest BCUT2D eigenvalue weighted by atomic mass is 10.0. The SMILES string of the molecule is c1ccc(-c2ccc3c(c2)c2ccccc2n3-c2cccc3c2oc2cccc(-c4nc(-c5ccc6ccccc6c5)nc(-c5ccc6ccccc6c5)n4)c23)cc1. The molecule has 3 heterocycles. The van der Waals surface area contributed by atoms with Gasteiger partial charge in [-0.25, -0.2) is 15.0 Å². The predicted octanol–water partition coefficient (Wildman–Crippen LogP) is 13.8. The van der Waals surface area contributed by atoms with E-state index in [0.29, 0.717) is 17.5 Å². The monoisotopic (exact) mass is 740 g/mol. The van der Waals surface area contributed by atoms with Crippen LogP contribution >= 0.6 is 0 Å². The van der Waals surface area contributed by atoms with Crippen molar-refractivity contribution in [2.24, 2.45) is 0 Å². The summed E-state index contributed by atoms with van der Waals surface area (Å²) in [6.45, 7) is 0. The summed E-state index contributed by atoms with van der Waals surface area (Å²) < 4.78 is 9.23. The van der Waals surface area contributed by atoms with E-state index in [0.717, 1.165) is 66.1 Å². The molecule has 0 atom stereocenters. The summed E-state index contributed by atoms with van der Waals surface area (Å²) in [7, 11) is 0. The second kappa shape index (κ2) is 12.8. The highest BCUT2D eigenvalue weighted by Crippen LogP contribution is 2.42. The third-order valence-electron chi connectivity index (χ3n) is 11.4. The number of rotatable bonds is 5. The van der Waals surface area contributed by atoms with Crippen LogP contribution < -0.4 is 0 Å². The molecule has 12 aromatic rings. The van der Waals surface area contributed by atoms with E-state index in [-0.39, 0.29) is 0 Å². The summed E-state index contributed by atoms with van der Waals surface area (Å²) in [5.41, 5.74) is 9.91. The lowest BCUT2D eigenvalue weighted by Crippen LogP contribution is -2.00. The topological polar surface area (TPSA) is 56.7 Å². The van der Waals surface area contributed by atoms with E-state index in [1.165, 1.54) is 32.7 Å². The van der Waals surface area contributed by atoms with Crippen molar-refractivity contribution in [1.82, 2.24) is 19.5 Å². The maximum Gasteiger partial charge on any atom is 0.164 e. The van der Waals surface area contributed by atoms with Crippen LogP contribution in [0.5, 0.6) is 0 Å². The van der Waals surface area contributed by atoms with E-state index < -0.39 is 0 Å². The molecule has 0 saturated heterocycles. The van der Waals surface area contributed by atoms with Crippen molar-refractivity contribution in [2.45, 2.75) is 0 Å². The molecule has 0 unspecified atom stereocenters. The number of nitrogens with zero attached hydrogens (tertiary/aromatic N) is 4. The lowest BCUT2D eigenvalue weighted by molar-refractivity contribution is 0.666. The zero-order chi connectivity index (χ0) is 38.2. The molecule has 0 aliphatic heterocycles. The molecule has 0 aliphatic rings. The van der Waals surface area contributed by atoms with Gasteiger partial charge in [0.25, 0.3) is 0 Å². The molecule has 0 radical (unpaired) electrons. The van der Waals surface area contributed by atoms with E-state index in [4.69, 9.17) is 19.4 Å². The largest absolute Gasteiger partial charge is 0.454 e. The predicted molar refractivity (Wildman–Crippen MR) is 238 cm³/mol. The lowest BCUT2D eigenvalue weighted by Gasteiger charge is -2.11. The number of hydrogen-bond acceptors (Lipinski definition) is 4. The van der Waals surface area contributed by atoms with Crippen LogP contribution in [0.2, 0.25) is 0 Å². The Morgan fingerprint density at radius 2 is 0.948 bits per heavy atom. The molecule has 0 amide bonds. The maximum atomic E-state index is 6.89. The molecule has 0 N–H and O–H groups in total. The van der Waals surface area contributed by atoms with Gasteiger partial charge in [-0.3, -0.25) is 0 Å². The fraction of sp³-hybridized carbons (Fsp3) is 0. The number of benzene rings is 9. The van der Waals surface area contributed by atoms with Crippen LogP contribution in [0.25, 0.3) is 116 Å². The first-order valence-corrected chi connectivity index (χ1v) is 19.5. The van der Waals surface area contributed by atoms with Crippen molar-refractivity contribution in [3.8, 4) is 51.0 Å². The minimum Gasteiger partial charge on any atom is -0.454 e. The molecule has 58 heavy (non-hydrogen) atoms. The molecule has 12 rings (SSSR count). The van der Waals surface area contributed by atoms with Crippen molar-refractivity contribution < 1.29 is 4.42 Å². The summed E-state index contributed by atoms with van der Waals surface area (Å²) in [5, 5.41) is 8.94. The van der Waals surface area contributed by atoms with Gasteiger partial charge in [0.2, 0.25) is 0 Å². The van der Waals surface area contributed by atoms with Gasteiger partial charge in [0, 0.05) is 38.2 Å². The van der Waals surface area contributed by atoms with Gasteiger partial charge < -0.3 is 8.98 Å². The smallest absolute Gasteiger partial charge is 0.164 e. The third-order valence-corrected chi connectivity index (χ3v) is 11.4. The summed E-state index contributed by atoms with van der Waals surface area (Å²) in [4.78, 5) is 15.6. The third kappa shape index (κ3) is 5.14. The Bertz CT molecular complexity index is 3480. The van der Waals surface area contributed by atoms with E-state index in [1.54, 1.807) is 0 Å². The average molecular weight is 741 g/mol. The maximum absolute atomic E-state index is 6.89. The summed E-state index contributed by atoms with van der Waals surface area (Å²) in [6.07, 6.45) is 0. The average Bonchev–Trinajstić information content (AvgIpc) is 3.85. The number of fused-ring (bicyclic) bond motifs is 8. The highest BCUT2D eigenvalue weighted by atomic mass is 16.3. The van der Waals surface area contributed by atoms with Crippen LogP contribution in [0.1, 0.15) is 0 Å². The molecule has 0 spiro atoms. The van der Waals surface area contributed by atoms with Gasteiger partial charge >= 0.3 is 0 Å². The van der Waals surface area contributed by atoms with E-state index in [9.17, 15) is 0 Å². The van der Waals surface area contributed by atoms with Crippen LogP contribution in [0, 0.1) is 0 Å². The van der Waals surface area contributed by atoms with Crippen LogP contribution in [-0.2, 0) is 0 Å². The fourth-order valence-corrected chi connectivity index (χ4v) is 8.65. The first-order chi connectivity index (χ1) is 28.7. The van der Waals surface area contributed by atoms with Crippen molar-refractivity contribution in [2.75, 3.05) is 0 Å². The van der Waals surface area contributed by atoms with Gasteiger partial charge in [0.1, 0.15) is 5.58 Å². The Kier molecular flexibility index (Phi) is 7.16. The number of aromatic nitrogens is 4. The van der Waals surface area contributed by atoms with Crippen LogP contribution in [-0.4, -0.2) is 19.5 Å². The number of furan rings is 1. The Morgan fingerprint density at radius 1 is 0.362 bits per heavy atom. The van der Waals surface area contributed by atoms with Gasteiger partial charge in [-0.1, -0.05) is 152 Å². The Labute approximate surface area is 333 Å². The molecule has 0 saturated carbocycles. The van der Waals surface area contributed by atoms with Gasteiger partial charge in [-0.2, -0.15) is 0 Å². The van der Waals surface area contributed by atoms with Gasteiger partial charge in [0.15, 0.2) is 23.1 Å². The molecular formula is C53H32N4O. The highest BCUT2D eigenvalue weighted by molar-refractivity contribution is 6.16. The number of para-hydroxylation sites is 2. The first kappa shape index (κ1) is 32.4. The molecule has 5 nitrogen and oxygen atoms in total.